The number of nitrogens with zero attached hydrogens (tertiary/aromatic N) is 2. The minimum absolute atomic E-state index is 0.0830. The van der Waals surface area contributed by atoms with E-state index in [9.17, 15) is 0 Å². The summed E-state index contributed by atoms with van der Waals surface area (Å²) < 4.78 is 19.1. The predicted octanol–water partition coefficient (Wildman–Crippen LogP) is 4.51. The molecule has 2 heterocycles. The third-order valence-electron chi connectivity index (χ3n) is 5.63. The molecule has 0 bridgehead atoms. The van der Waals surface area contributed by atoms with E-state index < -0.39 is 0 Å². The van der Waals surface area contributed by atoms with Gasteiger partial charge in [0.05, 0.1) is 27.4 Å². The SMILES string of the molecule is COc1ccc(CN2CCCn3cccc3C2c2cccc(OC)c2OC)cc1. The molecule has 0 spiro atoms. The van der Waals surface area contributed by atoms with Gasteiger partial charge in [-0.05, 0) is 42.3 Å². The molecule has 1 atom stereocenters. The van der Waals surface area contributed by atoms with Crippen molar-refractivity contribution in [3.05, 3.63) is 77.6 Å². The van der Waals surface area contributed by atoms with Crippen LogP contribution in [0.2, 0.25) is 0 Å². The average Bonchev–Trinajstić information content (AvgIpc) is 3.15. The van der Waals surface area contributed by atoms with Gasteiger partial charge < -0.3 is 18.8 Å². The molecule has 0 radical (unpaired) electrons. The first-order chi connectivity index (χ1) is 14.2. The van der Waals surface area contributed by atoms with Crippen molar-refractivity contribution in [3.8, 4) is 17.2 Å². The van der Waals surface area contributed by atoms with Crippen LogP contribution in [0.1, 0.15) is 29.3 Å². The van der Waals surface area contributed by atoms with Crippen molar-refractivity contribution in [3.63, 3.8) is 0 Å². The maximum atomic E-state index is 5.80. The third-order valence-corrected chi connectivity index (χ3v) is 5.63. The largest absolute Gasteiger partial charge is 0.497 e. The molecule has 0 fully saturated rings. The van der Waals surface area contributed by atoms with E-state index in [0.29, 0.717) is 0 Å². The highest BCUT2D eigenvalue weighted by molar-refractivity contribution is 5.50. The standard InChI is InChI=1S/C24H28N2O3/c1-27-19-12-10-18(11-13-19)17-26-16-6-15-25-14-5-8-21(25)23(26)20-7-4-9-22(28-2)24(20)29-3/h4-5,7-14,23H,6,15-17H2,1-3H3. The van der Waals surface area contributed by atoms with E-state index in [4.69, 9.17) is 14.2 Å². The maximum Gasteiger partial charge on any atom is 0.165 e. The highest BCUT2D eigenvalue weighted by Gasteiger charge is 2.30. The van der Waals surface area contributed by atoms with Gasteiger partial charge in [-0.15, -0.1) is 0 Å². The number of hydrogen-bond acceptors (Lipinski definition) is 4. The number of para-hydroxylation sites is 1. The van der Waals surface area contributed by atoms with Gasteiger partial charge in [-0.3, -0.25) is 4.90 Å². The van der Waals surface area contributed by atoms with Crippen molar-refractivity contribution in [1.82, 2.24) is 9.47 Å². The maximum absolute atomic E-state index is 5.80. The minimum atomic E-state index is 0.0830. The number of rotatable bonds is 6. The Morgan fingerprint density at radius 3 is 2.41 bits per heavy atom. The zero-order valence-electron chi connectivity index (χ0n) is 17.3. The minimum Gasteiger partial charge on any atom is -0.497 e. The Bertz CT molecular complexity index is 949. The van der Waals surface area contributed by atoms with Gasteiger partial charge in [0, 0.05) is 37.1 Å². The first-order valence-corrected chi connectivity index (χ1v) is 9.98. The summed E-state index contributed by atoms with van der Waals surface area (Å²) >= 11 is 0. The first kappa shape index (κ1) is 19.4. The number of fused-ring (bicyclic) bond motifs is 1. The third kappa shape index (κ3) is 3.83. The lowest BCUT2D eigenvalue weighted by atomic mass is 9.99. The highest BCUT2D eigenvalue weighted by Crippen LogP contribution is 2.41. The van der Waals surface area contributed by atoms with Crippen LogP contribution in [-0.4, -0.2) is 37.3 Å². The molecular weight excluding hydrogens is 364 g/mol. The zero-order valence-corrected chi connectivity index (χ0v) is 17.3. The monoisotopic (exact) mass is 392 g/mol. The molecule has 0 saturated carbocycles. The molecule has 5 nitrogen and oxygen atoms in total. The summed E-state index contributed by atoms with van der Waals surface area (Å²) in [7, 11) is 5.10. The van der Waals surface area contributed by atoms with Crippen molar-refractivity contribution in [2.45, 2.75) is 25.6 Å². The fourth-order valence-corrected chi connectivity index (χ4v) is 4.26. The number of benzene rings is 2. The normalized spacial score (nSPS) is 16.7. The summed E-state index contributed by atoms with van der Waals surface area (Å²) in [6, 6.07) is 18.9. The lowest BCUT2D eigenvalue weighted by molar-refractivity contribution is 0.215. The molecule has 0 amide bonds. The van der Waals surface area contributed by atoms with Crippen molar-refractivity contribution in [2.24, 2.45) is 0 Å². The summed E-state index contributed by atoms with van der Waals surface area (Å²) in [6.07, 6.45) is 3.27. The van der Waals surface area contributed by atoms with Gasteiger partial charge in [-0.2, -0.15) is 0 Å². The molecule has 4 rings (SSSR count). The van der Waals surface area contributed by atoms with Gasteiger partial charge in [-0.25, -0.2) is 0 Å². The Balaban J connectivity index is 1.77. The molecule has 0 aliphatic carbocycles. The van der Waals surface area contributed by atoms with Gasteiger partial charge >= 0.3 is 0 Å². The summed E-state index contributed by atoms with van der Waals surface area (Å²) in [5.41, 5.74) is 3.67. The number of aryl methyl sites for hydroxylation is 1. The lowest BCUT2D eigenvalue weighted by Gasteiger charge is -2.32. The summed E-state index contributed by atoms with van der Waals surface area (Å²) in [6.45, 7) is 2.86. The average molecular weight is 392 g/mol. The van der Waals surface area contributed by atoms with Crippen molar-refractivity contribution >= 4 is 0 Å². The van der Waals surface area contributed by atoms with Crippen LogP contribution >= 0.6 is 0 Å². The van der Waals surface area contributed by atoms with Gasteiger partial charge in [0.2, 0.25) is 0 Å². The Hall–Kier alpha value is -2.92. The fraction of sp³-hybridized carbons (Fsp3) is 0.333. The second kappa shape index (κ2) is 8.62. The van der Waals surface area contributed by atoms with Crippen molar-refractivity contribution < 1.29 is 14.2 Å². The van der Waals surface area contributed by atoms with Crippen LogP contribution in [0.25, 0.3) is 0 Å². The van der Waals surface area contributed by atoms with E-state index in [0.717, 1.165) is 48.9 Å². The molecule has 29 heavy (non-hydrogen) atoms. The van der Waals surface area contributed by atoms with Gasteiger partial charge in [-0.1, -0.05) is 24.3 Å². The zero-order chi connectivity index (χ0) is 20.2. The van der Waals surface area contributed by atoms with Crippen LogP contribution in [-0.2, 0) is 13.1 Å². The molecule has 1 aromatic heterocycles. The Kier molecular flexibility index (Phi) is 5.76. The van der Waals surface area contributed by atoms with Crippen LogP contribution in [0.4, 0.5) is 0 Å². The smallest absolute Gasteiger partial charge is 0.165 e. The quantitative estimate of drug-likeness (QED) is 0.618. The molecule has 152 valence electrons. The van der Waals surface area contributed by atoms with Gasteiger partial charge in [0.15, 0.2) is 11.5 Å². The Morgan fingerprint density at radius 2 is 1.69 bits per heavy atom. The van der Waals surface area contributed by atoms with Crippen LogP contribution < -0.4 is 14.2 Å². The molecule has 1 aliphatic heterocycles. The van der Waals surface area contributed by atoms with E-state index in [1.165, 1.54) is 11.3 Å². The van der Waals surface area contributed by atoms with Gasteiger partial charge in [0.1, 0.15) is 5.75 Å². The van der Waals surface area contributed by atoms with Crippen LogP contribution in [0.5, 0.6) is 17.2 Å². The van der Waals surface area contributed by atoms with Crippen molar-refractivity contribution in [2.75, 3.05) is 27.9 Å². The van der Waals surface area contributed by atoms with Crippen molar-refractivity contribution in [1.29, 1.82) is 0 Å². The molecule has 5 heteroatoms. The van der Waals surface area contributed by atoms with Crippen LogP contribution in [0.3, 0.4) is 0 Å². The van der Waals surface area contributed by atoms with Crippen LogP contribution in [0, 0.1) is 0 Å². The van der Waals surface area contributed by atoms with E-state index in [1.807, 2.05) is 24.3 Å². The predicted molar refractivity (Wildman–Crippen MR) is 114 cm³/mol. The molecule has 1 aliphatic rings. The lowest BCUT2D eigenvalue weighted by Crippen LogP contribution is -2.29. The number of aromatic nitrogens is 1. The summed E-state index contributed by atoms with van der Waals surface area (Å²) in [5.74, 6) is 2.44. The second-order valence-corrected chi connectivity index (χ2v) is 7.28. The second-order valence-electron chi connectivity index (χ2n) is 7.28. The topological polar surface area (TPSA) is 35.9 Å². The van der Waals surface area contributed by atoms with E-state index >= 15 is 0 Å². The molecule has 0 saturated heterocycles. The number of ether oxygens (including phenoxy) is 3. The number of methoxy groups -OCH3 is 3. The van der Waals surface area contributed by atoms with Gasteiger partial charge in [0.25, 0.3) is 0 Å². The summed E-state index contributed by atoms with van der Waals surface area (Å²) in [5, 5.41) is 0. The first-order valence-electron chi connectivity index (χ1n) is 9.98. The van der Waals surface area contributed by atoms with E-state index in [1.54, 1.807) is 21.3 Å². The Labute approximate surface area is 172 Å². The van der Waals surface area contributed by atoms with E-state index in [-0.39, 0.29) is 6.04 Å². The molecule has 1 unspecified atom stereocenters. The molecule has 2 aromatic carbocycles. The fourth-order valence-electron chi connectivity index (χ4n) is 4.26. The van der Waals surface area contributed by atoms with Crippen LogP contribution in [0.15, 0.2) is 60.8 Å². The van der Waals surface area contributed by atoms with E-state index in [2.05, 4.69) is 46.0 Å². The highest BCUT2D eigenvalue weighted by atomic mass is 16.5. The molecule has 3 aromatic rings. The number of hydrogen-bond donors (Lipinski definition) is 0. The molecular formula is C24H28N2O3. The molecule has 0 N–H and O–H groups in total. The Morgan fingerprint density at radius 1 is 0.862 bits per heavy atom. The summed E-state index contributed by atoms with van der Waals surface area (Å²) in [4.78, 5) is 2.53.